The number of nitrogens with zero attached hydrogens (tertiary/aromatic N) is 4. The van der Waals surface area contributed by atoms with Gasteiger partial charge in [-0.3, -0.25) is 0 Å². The molecule has 3 aliphatic heterocycles. The quantitative estimate of drug-likeness (QED) is 0.705. The normalized spacial score (nSPS) is 20.8. The number of hydrogen-bond donors (Lipinski definition) is 2. The van der Waals surface area contributed by atoms with Crippen LogP contribution in [0, 0.1) is 11.8 Å². The minimum Gasteiger partial charge on any atom is -0.370 e. The molecule has 1 atom stereocenters. The summed E-state index contributed by atoms with van der Waals surface area (Å²) in [5.41, 5.74) is 9.54. The summed E-state index contributed by atoms with van der Waals surface area (Å²) in [7, 11) is 2.16. The van der Waals surface area contributed by atoms with Gasteiger partial charge in [-0.1, -0.05) is 29.5 Å². The van der Waals surface area contributed by atoms with E-state index in [9.17, 15) is 0 Å². The van der Waals surface area contributed by atoms with E-state index in [1.807, 2.05) is 11.6 Å². The van der Waals surface area contributed by atoms with Crippen molar-refractivity contribution in [3.05, 3.63) is 56.8 Å². The van der Waals surface area contributed by atoms with Crippen molar-refractivity contribution in [2.45, 2.75) is 18.3 Å². The molecule has 154 valence electrons. The van der Waals surface area contributed by atoms with Crippen molar-refractivity contribution >= 4 is 34.6 Å². The topological polar surface area (TPSA) is 69.8 Å². The van der Waals surface area contributed by atoms with Gasteiger partial charge in [0.1, 0.15) is 10.8 Å². The number of likely N-dealkylation sites (tertiary alicyclic amines) is 1. The summed E-state index contributed by atoms with van der Waals surface area (Å²) in [5, 5.41) is 6.88. The van der Waals surface area contributed by atoms with Crippen molar-refractivity contribution in [1.82, 2.24) is 15.2 Å². The SMILES string of the molecule is CC(C#Cc1ccc2c(c1)N(C1=C(Cl)CN=C(N)N1)CC21CN(C)C1)c1nccs1. The van der Waals surface area contributed by atoms with Gasteiger partial charge in [0.2, 0.25) is 0 Å². The van der Waals surface area contributed by atoms with E-state index in [1.54, 1.807) is 11.3 Å². The number of fused-ring (bicyclic) bond motifs is 2. The largest absolute Gasteiger partial charge is 0.370 e. The first-order valence-electron chi connectivity index (χ1n) is 9.92. The van der Waals surface area contributed by atoms with Crippen LogP contribution in [-0.2, 0) is 5.41 Å². The van der Waals surface area contributed by atoms with E-state index in [1.165, 1.54) is 5.56 Å². The molecule has 6 nitrogen and oxygen atoms in total. The Balaban J connectivity index is 1.51. The maximum Gasteiger partial charge on any atom is 0.194 e. The molecule has 2 aromatic rings. The number of thiazole rings is 1. The van der Waals surface area contributed by atoms with Gasteiger partial charge in [0, 0.05) is 47.9 Å². The van der Waals surface area contributed by atoms with Crippen molar-refractivity contribution in [2.24, 2.45) is 10.7 Å². The summed E-state index contributed by atoms with van der Waals surface area (Å²) in [4.78, 5) is 13.2. The standard InChI is InChI=1S/C22H23ClN6S/c1-14(20-25-7-8-30-20)3-4-15-5-6-16-18(9-15)29(13-22(16)11-28(2)12-22)19-17(23)10-26-21(24)27-19/h5-9,14H,10-13H2,1-2H3,(H3,24,26,27). The van der Waals surface area contributed by atoms with E-state index >= 15 is 0 Å². The number of aliphatic imine (C=N–C) groups is 1. The first-order valence-corrected chi connectivity index (χ1v) is 11.2. The zero-order chi connectivity index (χ0) is 20.9. The molecule has 1 aromatic heterocycles. The van der Waals surface area contributed by atoms with Crippen LogP contribution >= 0.6 is 22.9 Å². The molecule has 1 spiro atoms. The third-order valence-electron chi connectivity index (χ3n) is 5.88. The second-order valence-electron chi connectivity index (χ2n) is 8.21. The lowest BCUT2D eigenvalue weighted by Gasteiger charge is -2.46. The molecule has 4 heterocycles. The van der Waals surface area contributed by atoms with Crippen LogP contribution in [0.25, 0.3) is 0 Å². The number of benzene rings is 1. The molecule has 1 unspecified atom stereocenters. The van der Waals surface area contributed by atoms with Gasteiger partial charge in [-0.05, 0) is 31.7 Å². The number of guanidine groups is 1. The first-order chi connectivity index (χ1) is 14.4. The van der Waals surface area contributed by atoms with Crippen LogP contribution in [-0.4, -0.2) is 49.1 Å². The van der Waals surface area contributed by atoms with E-state index in [2.05, 4.69) is 69.1 Å². The van der Waals surface area contributed by atoms with Crippen molar-refractivity contribution in [3.63, 3.8) is 0 Å². The van der Waals surface area contributed by atoms with E-state index in [4.69, 9.17) is 17.3 Å². The van der Waals surface area contributed by atoms with Crippen LogP contribution < -0.4 is 16.0 Å². The molecule has 1 saturated heterocycles. The zero-order valence-corrected chi connectivity index (χ0v) is 18.5. The average Bonchev–Trinajstić information content (AvgIpc) is 3.35. The van der Waals surface area contributed by atoms with Gasteiger partial charge >= 0.3 is 0 Å². The first kappa shape index (κ1) is 19.4. The van der Waals surface area contributed by atoms with E-state index in [0.717, 1.165) is 41.7 Å². The van der Waals surface area contributed by atoms with Crippen LogP contribution in [0.3, 0.4) is 0 Å². The Bertz CT molecular complexity index is 1100. The van der Waals surface area contributed by atoms with Gasteiger partial charge < -0.3 is 20.9 Å². The number of rotatable bonds is 2. The van der Waals surface area contributed by atoms with Crippen LogP contribution in [0.1, 0.15) is 29.0 Å². The van der Waals surface area contributed by atoms with Crippen molar-refractivity contribution in [2.75, 3.05) is 38.1 Å². The van der Waals surface area contributed by atoms with Gasteiger partial charge in [-0.2, -0.15) is 0 Å². The highest BCUT2D eigenvalue weighted by atomic mass is 35.5. The molecule has 30 heavy (non-hydrogen) atoms. The molecule has 0 amide bonds. The van der Waals surface area contributed by atoms with Gasteiger partial charge in [0.25, 0.3) is 0 Å². The van der Waals surface area contributed by atoms with Crippen LogP contribution in [0.15, 0.2) is 45.6 Å². The third kappa shape index (κ3) is 3.25. The molecule has 0 saturated carbocycles. The number of halogens is 1. The fourth-order valence-corrected chi connectivity index (χ4v) is 5.44. The molecule has 5 rings (SSSR count). The lowest BCUT2D eigenvalue weighted by molar-refractivity contribution is 0.107. The number of aromatic nitrogens is 1. The average molecular weight is 439 g/mol. The molecular formula is C22H23ClN6S. The minimum absolute atomic E-state index is 0.106. The van der Waals surface area contributed by atoms with E-state index < -0.39 is 0 Å². The maximum atomic E-state index is 6.55. The molecule has 0 radical (unpaired) electrons. The predicted molar refractivity (Wildman–Crippen MR) is 123 cm³/mol. The zero-order valence-electron chi connectivity index (χ0n) is 16.9. The molecule has 3 aliphatic rings. The van der Waals surface area contributed by atoms with E-state index in [0.29, 0.717) is 17.5 Å². The van der Waals surface area contributed by atoms with Crippen molar-refractivity contribution in [3.8, 4) is 11.8 Å². The van der Waals surface area contributed by atoms with Crippen LogP contribution in [0.5, 0.6) is 0 Å². The van der Waals surface area contributed by atoms with E-state index in [-0.39, 0.29) is 11.3 Å². The molecule has 1 fully saturated rings. The molecule has 1 aromatic carbocycles. The van der Waals surface area contributed by atoms with Crippen LogP contribution in [0.4, 0.5) is 5.69 Å². The molecule has 0 bridgehead atoms. The number of nitrogens with one attached hydrogen (secondary N) is 1. The number of anilines is 1. The smallest absolute Gasteiger partial charge is 0.194 e. The fourth-order valence-electron chi connectivity index (χ4n) is 4.58. The number of hydrogen-bond acceptors (Lipinski definition) is 7. The Kier molecular flexibility index (Phi) is 4.73. The van der Waals surface area contributed by atoms with Gasteiger partial charge in [0.05, 0.1) is 17.5 Å². The summed E-state index contributed by atoms with van der Waals surface area (Å²) >= 11 is 8.18. The Labute approximate surface area is 185 Å². The summed E-state index contributed by atoms with van der Waals surface area (Å²) in [5.74, 6) is 8.01. The predicted octanol–water partition coefficient (Wildman–Crippen LogP) is 2.63. The van der Waals surface area contributed by atoms with Gasteiger partial charge in [0.15, 0.2) is 5.96 Å². The second-order valence-corrected chi connectivity index (χ2v) is 9.59. The van der Waals surface area contributed by atoms with Crippen molar-refractivity contribution < 1.29 is 0 Å². The Morgan fingerprint density at radius 2 is 2.17 bits per heavy atom. The lowest BCUT2D eigenvalue weighted by atomic mass is 9.75. The Hall–Kier alpha value is -2.53. The highest BCUT2D eigenvalue weighted by molar-refractivity contribution is 7.09. The molecular weight excluding hydrogens is 416 g/mol. The summed E-state index contributed by atoms with van der Waals surface area (Å²) in [6.45, 7) is 5.40. The highest BCUT2D eigenvalue weighted by Crippen LogP contribution is 2.47. The molecule has 8 heteroatoms. The number of likely N-dealkylation sites (N-methyl/N-ethyl adjacent to an activating group) is 1. The monoisotopic (exact) mass is 438 g/mol. The van der Waals surface area contributed by atoms with Crippen molar-refractivity contribution in [1.29, 1.82) is 0 Å². The maximum absolute atomic E-state index is 6.55. The summed E-state index contributed by atoms with van der Waals surface area (Å²) in [6, 6.07) is 6.53. The molecule has 0 aliphatic carbocycles. The van der Waals surface area contributed by atoms with Crippen LogP contribution in [0.2, 0.25) is 0 Å². The summed E-state index contributed by atoms with van der Waals surface area (Å²) < 4.78 is 0. The van der Waals surface area contributed by atoms with Gasteiger partial charge in [-0.15, -0.1) is 11.3 Å². The third-order valence-corrected chi connectivity index (χ3v) is 7.14. The molecule has 3 N–H and O–H groups in total. The summed E-state index contributed by atoms with van der Waals surface area (Å²) in [6.07, 6.45) is 1.82. The lowest BCUT2D eigenvalue weighted by Crippen LogP contribution is -2.59. The Morgan fingerprint density at radius 1 is 1.33 bits per heavy atom. The second kappa shape index (κ2) is 7.31. The van der Waals surface area contributed by atoms with Gasteiger partial charge in [-0.25, -0.2) is 9.98 Å². The fraction of sp³-hybridized carbons (Fsp3) is 0.364. The minimum atomic E-state index is 0.106. The highest BCUT2D eigenvalue weighted by Gasteiger charge is 2.51. The number of nitrogens with two attached hydrogens (primary N) is 1. The Morgan fingerprint density at radius 3 is 2.90 bits per heavy atom.